The first kappa shape index (κ1) is 23.3. The molecule has 0 bridgehead atoms. The highest BCUT2D eigenvalue weighted by Crippen LogP contribution is 2.20. The molecule has 3 N–H and O–H groups in total. The third-order valence-corrected chi connectivity index (χ3v) is 4.87. The van der Waals surface area contributed by atoms with E-state index in [9.17, 15) is 28.8 Å². The van der Waals surface area contributed by atoms with Crippen LogP contribution in [0.3, 0.4) is 0 Å². The van der Waals surface area contributed by atoms with Crippen molar-refractivity contribution >= 4 is 46.8 Å². The number of benzene rings is 2. The SMILES string of the molecule is COC(=O)c1ccc(NC(=O)CCCCC(=O)Nc2ccc3c(c2)C(=O)C(=O)NC3=O)cc1. The van der Waals surface area contributed by atoms with E-state index in [1.54, 1.807) is 24.3 Å². The number of nitrogens with one attached hydrogen (secondary N) is 3. The van der Waals surface area contributed by atoms with E-state index >= 15 is 0 Å². The first-order valence-corrected chi connectivity index (χ1v) is 10.1. The van der Waals surface area contributed by atoms with Gasteiger partial charge in [0, 0.05) is 29.8 Å². The molecular weight excluding hydrogens is 430 g/mol. The van der Waals surface area contributed by atoms with Crippen LogP contribution in [0.5, 0.6) is 0 Å². The summed E-state index contributed by atoms with van der Waals surface area (Å²) in [5, 5.41) is 7.27. The Kier molecular flexibility index (Phi) is 7.29. The van der Waals surface area contributed by atoms with Crippen molar-refractivity contribution in [1.82, 2.24) is 5.32 Å². The minimum absolute atomic E-state index is 0.0576. The lowest BCUT2D eigenvalue weighted by Crippen LogP contribution is -2.42. The van der Waals surface area contributed by atoms with Gasteiger partial charge in [0.25, 0.3) is 17.6 Å². The van der Waals surface area contributed by atoms with Gasteiger partial charge in [0.05, 0.1) is 18.2 Å². The van der Waals surface area contributed by atoms with Crippen LogP contribution in [-0.4, -0.2) is 42.5 Å². The van der Waals surface area contributed by atoms with Crippen LogP contribution < -0.4 is 16.0 Å². The zero-order valence-corrected chi connectivity index (χ0v) is 17.7. The van der Waals surface area contributed by atoms with Crippen molar-refractivity contribution < 1.29 is 33.5 Å². The quantitative estimate of drug-likeness (QED) is 0.241. The molecule has 0 aromatic heterocycles. The van der Waals surface area contributed by atoms with Crippen molar-refractivity contribution in [1.29, 1.82) is 0 Å². The Bertz CT molecular complexity index is 1140. The predicted octanol–water partition coefficient (Wildman–Crippen LogP) is 2.06. The summed E-state index contributed by atoms with van der Waals surface area (Å²) in [6.45, 7) is 0. The maximum Gasteiger partial charge on any atom is 0.337 e. The zero-order valence-electron chi connectivity index (χ0n) is 17.7. The number of fused-ring (bicyclic) bond motifs is 1. The number of rotatable bonds is 8. The number of imide groups is 1. The Morgan fingerprint density at radius 1 is 0.788 bits per heavy atom. The number of carbonyl (C=O) groups is 6. The number of carbonyl (C=O) groups excluding carboxylic acids is 6. The van der Waals surface area contributed by atoms with Crippen molar-refractivity contribution in [2.75, 3.05) is 17.7 Å². The van der Waals surface area contributed by atoms with Crippen molar-refractivity contribution in [2.24, 2.45) is 0 Å². The first-order valence-electron chi connectivity index (χ1n) is 10.1. The Hall–Kier alpha value is -4.34. The molecule has 10 heteroatoms. The number of Topliss-reactive ketones (excluding diaryl/α,β-unsaturated/α-hetero) is 1. The molecule has 1 aliphatic heterocycles. The first-order chi connectivity index (χ1) is 15.8. The van der Waals surface area contributed by atoms with Gasteiger partial charge in [0.15, 0.2) is 0 Å². The van der Waals surface area contributed by atoms with E-state index in [-0.39, 0.29) is 35.8 Å². The summed E-state index contributed by atoms with van der Waals surface area (Å²) in [6, 6.07) is 10.4. The van der Waals surface area contributed by atoms with Gasteiger partial charge >= 0.3 is 5.97 Å². The molecule has 1 aliphatic rings. The molecule has 3 rings (SSSR count). The van der Waals surface area contributed by atoms with Gasteiger partial charge < -0.3 is 15.4 Å². The summed E-state index contributed by atoms with van der Waals surface area (Å²) in [5.74, 6) is -3.53. The van der Waals surface area contributed by atoms with Crippen LogP contribution in [0.15, 0.2) is 42.5 Å². The van der Waals surface area contributed by atoms with E-state index in [0.29, 0.717) is 29.8 Å². The monoisotopic (exact) mass is 451 g/mol. The highest BCUT2D eigenvalue weighted by atomic mass is 16.5. The van der Waals surface area contributed by atoms with E-state index in [0.717, 1.165) is 0 Å². The molecule has 0 spiro atoms. The van der Waals surface area contributed by atoms with Gasteiger partial charge in [-0.25, -0.2) is 4.79 Å². The van der Waals surface area contributed by atoms with Crippen LogP contribution in [-0.2, 0) is 19.1 Å². The number of methoxy groups -OCH3 is 1. The Morgan fingerprint density at radius 2 is 1.36 bits per heavy atom. The molecule has 0 fully saturated rings. The van der Waals surface area contributed by atoms with Crippen molar-refractivity contribution in [3.8, 4) is 0 Å². The van der Waals surface area contributed by atoms with E-state index in [4.69, 9.17) is 0 Å². The van der Waals surface area contributed by atoms with E-state index < -0.39 is 23.6 Å². The van der Waals surface area contributed by atoms with Crippen molar-refractivity contribution in [2.45, 2.75) is 25.7 Å². The molecule has 4 amide bonds. The molecule has 0 unspecified atom stereocenters. The minimum atomic E-state index is -1.01. The molecular formula is C23H21N3O7. The molecule has 2 aromatic carbocycles. The van der Waals surface area contributed by atoms with Crippen LogP contribution >= 0.6 is 0 Å². The number of unbranched alkanes of at least 4 members (excludes halogenated alkanes) is 1. The average molecular weight is 451 g/mol. The number of anilines is 2. The van der Waals surface area contributed by atoms with Crippen LogP contribution in [0.25, 0.3) is 0 Å². The molecule has 0 aliphatic carbocycles. The summed E-state index contributed by atoms with van der Waals surface area (Å²) < 4.78 is 4.61. The van der Waals surface area contributed by atoms with Gasteiger partial charge in [-0.3, -0.25) is 29.3 Å². The Morgan fingerprint density at radius 3 is 1.97 bits per heavy atom. The number of hydrogen-bond donors (Lipinski definition) is 3. The number of esters is 1. The number of ketones is 1. The van der Waals surface area contributed by atoms with E-state index in [2.05, 4.69) is 15.4 Å². The maximum atomic E-state index is 12.2. The molecule has 0 radical (unpaired) electrons. The fourth-order valence-electron chi connectivity index (χ4n) is 3.18. The summed E-state index contributed by atoms with van der Waals surface area (Å²) in [5.41, 5.74) is 1.23. The fourth-order valence-corrected chi connectivity index (χ4v) is 3.18. The van der Waals surface area contributed by atoms with Crippen molar-refractivity contribution in [3.63, 3.8) is 0 Å². The molecule has 0 saturated heterocycles. The molecule has 0 atom stereocenters. The molecule has 0 saturated carbocycles. The second-order valence-electron chi connectivity index (χ2n) is 7.25. The number of ether oxygens (including phenoxy) is 1. The second kappa shape index (κ2) is 10.3. The summed E-state index contributed by atoms with van der Waals surface area (Å²) in [7, 11) is 1.29. The third-order valence-electron chi connectivity index (χ3n) is 4.87. The van der Waals surface area contributed by atoms with Crippen LogP contribution in [0.1, 0.15) is 56.8 Å². The van der Waals surface area contributed by atoms with Gasteiger partial charge in [-0.1, -0.05) is 0 Å². The van der Waals surface area contributed by atoms with Crippen LogP contribution in [0.2, 0.25) is 0 Å². The molecule has 10 nitrogen and oxygen atoms in total. The van der Waals surface area contributed by atoms with Crippen LogP contribution in [0, 0.1) is 0 Å². The Labute approximate surface area is 188 Å². The standard InChI is InChI=1S/C23H21N3O7/c1-33-23(32)13-6-8-14(9-7-13)24-18(27)4-2-3-5-19(28)25-15-10-11-16-17(12-15)20(29)22(31)26-21(16)30/h6-12H,2-5H2,1H3,(H,24,27)(H,25,28)(H,26,30,31). The number of amides is 4. The normalized spacial score (nSPS) is 12.5. The van der Waals surface area contributed by atoms with Gasteiger partial charge in [0.2, 0.25) is 11.8 Å². The second-order valence-corrected chi connectivity index (χ2v) is 7.25. The van der Waals surface area contributed by atoms with Crippen LogP contribution in [0.4, 0.5) is 11.4 Å². The van der Waals surface area contributed by atoms with E-state index in [1.807, 2.05) is 5.32 Å². The van der Waals surface area contributed by atoms with Gasteiger partial charge in [-0.2, -0.15) is 0 Å². The van der Waals surface area contributed by atoms with Crippen molar-refractivity contribution in [3.05, 3.63) is 59.2 Å². The smallest absolute Gasteiger partial charge is 0.337 e. The molecule has 33 heavy (non-hydrogen) atoms. The van der Waals surface area contributed by atoms with Gasteiger partial charge in [-0.05, 0) is 55.3 Å². The topological polar surface area (TPSA) is 148 Å². The lowest BCUT2D eigenvalue weighted by molar-refractivity contribution is -0.118. The summed E-state index contributed by atoms with van der Waals surface area (Å²) in [6.07, 6.45) is 1.27. The lowest BCUT2D eigenvalue weighted by atomic mass is 9.98. The zero-order chi connectivity index (χ0) is 24.0. The van der Waals surface area contributed by atoms with Gasteiger partial charge in [-0.15, -0.1) is 0 Å². The Balaban J connectivity index is 1.42. The largest absolute Gasteiger partial charge is 0.465 e. The van der Waals surface area contributed by atoms with E-state index in [1.165, 1.54) is 25.3 Å². The summed E-state index contributed by atoms with van der Waals surface area (Å²) >= 11 is 0. The minimum Gasteiger partial charge on any atom is -0.465 e. The molecule has 1 heterocycles. The van der Waals surface area contributed by atoms with Gasteiger partial charge in [0.1, 0.15) is 0 Å². The maximum absolute atomic E-state index is 12.2. The highest BCUT2D eigenvalue weighted by molar-refractivity contribution is 6.49. The fraction of sp³-hybridized carbons (Fsp3) is 0.217. The molecule has 2 aromatic rings. The summed E-state index contributed by atoms with van der Waals surface area (Å²) in [4.78, 5) is 70.8. The average Bonchev–Trinajstić information content (AvgIpc) is 2.80. The lowest BCUT2D eigenvalue weighted by Gasteiger charge is -2.15. The molecule has 170 valence electrons. The predicted molar refractivity (Wildman–Crippen MR) is 117 cm³/mol. The highest BCUT2D eigenvalue weighted by Gasteiger charge is 2.30. The third kappa shape index (κ3) is 5.88. The number of hydrogen-bond acceptors (Lipinski definition) is 7.